The third-order valence-electron chi connectivity index (χ3n) is 3.77. The Labute approximate surface area is 152 Å². The molecule has 0 bridgehead atoms. The minimum absolute atomic E-state index is 0.00806. The van der Waals surface area contributed by atoms with Gasteiger partial charge in [-0.1, -0.05) is 17.3 Å². The maximum atomic E-state index is 14.2. The fraction of sp³-hybridized carbons (Fsp3) is 0.278. The van der Waals surface area contributed by atoms with Gasteiger partial charge in [-0.3, -0.25) is 9.48 Å². The summed E-state index contributed by atoms with van der Waals surface area (Å²) in [7, 11) is 0. The van der Waals surface area contributed by atoms with Gasteiger partial charge in [0, 0.05) is 17.8 Å². The van der Waals surface area contributed by atoms with E-state index < -0.39 is 17.5 Å². The molecule has 2 aromatic heterocycles. The van der Waals surface area contributed by atoms with Gasteiger partial charge in [0.1, 0.15) is 5.82 Å². The van der Waals surface area contributed by atoms with Gasteiger partial charge in [-0.05, 0) is 32.9 Å². The highest BCUT2D eigenvalue weighted by molar-refractivity contribution is 7.16. The van der Waals surface area contributed by atoms with Crippen LogP contribution in [0, 0.1) is 30.9 Å². The number of aromatic nitrogens is 3. The van der Waals surface area contributed by atoms with E-state index in [4.69, 9.17) is 6.42 Å². The quantitative estimate of drug-likeness (QED) is 0.660. The second kappa shape index (κ2) is 6.84. The van der Waals surface area contributed by atoms with Gasteiger partial charge in [0.05, 0.1) is 16.8 Å². The molecule has 1 amide bonds. The van der Waals surface area contributed by atoms with Crippen LogP contribution in [0.3, 0.4) is 0 Å². The summed E-state index contributed by atoms with van der Waals surface area (Å²) in [6.45, 7) is 5.76. The number of rotatable bonds is 3. The molecule has 0 N–H and O–H groups in total. The molecule has 3 aromatic rings. The van der Waals surface area contributed by atoms with Crippen LogP contribution in [0.2, 0.25) is 0 Å². The molecule has 5 nitrogen and oxygen atoms in total. The number of nitrogens with zero attached hydrogens (tertiary/aromatic N) is 4. The summed E-state index contributed by atoms with van der Waals surface area (Å²) >= 11 is 0.998. The summed E-state index contributed by atoms with van der Waals surface area (Å²) in [4.78, 5) is 16.8. The Kier molecular flexibility index (Phi) is 4.74. The number of halogens is 2. The van der Waals surface area contributed by atoms with Gasteiger partial charge >= 0.3 is 0 Å². The summed E-state index contributed by atoms with van der Waals surface area (Å²) < 4.78 is 31.1. The van der Waals surface area contributed by atoms with Crippen molar-refractivity contribution in [1.82, 2.24) is 14.3 Å². The Morgan fingerprint density at radius 2 is 2.12 bits per heavy atom. The normalized spacial score (nSPS) is 12.1. The molecule has 8 heteroatoms. The monoisotopic (exact) mass is 374 g/mol. The Bertz CT molecular complexity index is 1110. The number of hydrogen-bond donors (Lipinski definition) is 0. The van der Waals surface area contributed by atoms with Crippen LogP contribution in [0.25, 0.3) is 10.2 Å². The predicted octanol–water partition coefficient (Wildman–Crippen LogP) is 3.44. The number of thiazole rings is 1. The largest absolute Gasteiger partial charge is 0.302 e. The molecule has 0 aliphatic heterocycles. The molecule has 0 spiro atoms. The molecule has 0 atom stereocenters. The van der Waals surface area contributed by atoms with Crippen molar-refractivity contribution >= 4 is 27.5 Å². The van der Waals surface area contributed by atoms with Crippen LogP contribution >= 0.6 is 11.3 Å². The summed E-state index contributed by atoms with van der Waals surface area (Å²) in [6, 6.07) is 3.72. The van der Waals surface area contributed by atoms with Crippen molar-refractivity contribution in [2.24, 2.45) is 4.99 Å². The van der Waals surface area contributed by atoms with E-state index in [1.807, 2.05) is 20.8 Å². The van der Waals surface area contributed by atoms with Crippen molar-refractivity contribution in [1.29, 1.82) is 0 Å². The van der Waals surface area contributed by atoms with Crippen molar-refractivity contribution in [3.8, 4) is 12.3 Å². The van der Waals surface area contributed by atoms with Crippen molar-refractivity contribution in [2.45, 2.75) is 33.4 Å². The van der Waals surface area contributed by atoms with Crippen molar-refractivity contribution in [3.63, 3.8) is 0 Å². The first-order valence-electron chi connectivity index (χ1n) is 7.89. The third-order valence-corrected chi connectivity index (χ3v) is 4.80. The van der Waals surface area contributed by atoms with Crippen LogP contribution in [0.4, 0.5) is 8.78 Å². The van der Waals surface area contributed by atoms with E-state index in [1.54, 1.807) is 10.7 Å². The fourth-order valence-corrected chi connectivity index (χ4v) is 3.78. The molecular weight excluding hydrogens is 358 g/mol. The second-order valence-corrected chi connectivity index (χ2v) is 7.04. The number of carbonyl (C=O) groups excluding carboxylic acids is 1. The zero-order chi connectivity index (χ0) is 19.0. The maximum absolute atomic E-state index is 14.2. The molecule has 0 aliphatic carbocycles. The predicted molar refractivity (Wildman–Crippen MR) is 95.8 cm³/mol. The highest BCUT2D eigenvalue weighted by Gasteiger charge is 2.16. The summed E-state index contributed by atoms with van der Waals surface area (Å²) in [5, 5.41) is 4.26. The van der Waals surface area contributed by atoms with Crippen molar-refractivity contribution in [2.75, 3.05) is 0 Å². The van der Waals surface area contributed by atoms with E-state index in [9.17, 15) is 13.6 Å². The number of aryl methyl sites for hydroxylation is 1. The average molecular weight is 374 g/mol. The topological polar surface area (TPSA) is 52.2 Å². The van der Waals surface area contributed by atoms with Crippen LogP contribution in [-0.4, -0.2) is 20.3 Å². The summed E-state index contributed by atoms with van der Waals surface area (Å²) in [5.41, 5.74) is 1.15. The maximum Gasteiger partial charge on any atom is 0.300 e. The molecule has 134 valence electrons. The molecule has 0 radical (unpaired) electrons. The van der Waals surface area contributed by atoms with Gasteiger partial charge in [0.2, 0.25) is 0 Å². The zero-order valence-corrected chi connectivity index (χ0v) is 15.3. The number of fused-ring (bicyclic) bond motifs is 1. The molecule has 1 aromatic carbocycles. The lowest BCUT2D eigenvalue weighted by molar-refractivity contribution is 0.0992. The van der Waals surface area contributed by atoms with Gasteiger partial charge in [-0.15, -0.1) is 6.42 Å². The molecule has 0 fully saturated rings. The second-order valence-electron chi connectivity index (χ2n) is 6.04. The number of benzene rings is 1. The first-order chi connectivity index (χ1) is 12.3. The van der Waals surface area contributed by atoms with Gasteiger partial charge in [-0.2, -0.15) is 10.1 Å². The van der Waals surface area contributed by atoms with Gasteiger partial charge in [0.15, 0.2) is 16.3 Å². The first-order valence-corrected chi connectivity index (χ1v) is 8.70. The van der Waals surface area contributed by atoms with Gasteiger partial charge < -0.3 is 4.57 Å². The minimum Gasteiger partial charge on any atom is -0.302 e. The Morgan fingerprint density at radius 3 is 2.73 bits per heavy atom. The van der Waals surface area contributed by atoms with Crippen LogP contribution < -0.4 is 4.80 Å². The van der Waals surface area contributed by atoms with E-state index in [2.05, 4.69) is 16.0 Å². The molecule has 0 aliphatic rings. The number of hydrogen-bond acceptors (Lipinski definition) is 3. The summed E-state index contributed by atoms with van der Waals surface area (Å²) in [5.74, 6) is 0.389. The Balaban J connectivity index is 2.16. The molecule has 2 heterocycles. The van der Waals surface area contributed by atoms with Gasteiger partial charge in [-0.25, -0.2) is 8.78 Å². The van der Waals surface area contributed by atoms with E-state index in [0.717, 1.165) is 23.1 Å². The molecule has 0 saturated heterocycles. The Hall–Kier alpha value is -2.79. The molecular formula is C18H16F2N4OS. The Morgan fingerprint density at radius 1 is 1.38 bits per heavy atom. The van der Waals surface area contributed by atoms with Crippen molar-refractivity contribution in [3.05, 3.63) is 46.0 Å². The average Bonchev–Trinajstić information content (AvgIpc) is 3.09. The number of terminal acetylenes is 1. The zero-order valence-electron chi connectivity index (χ0n) is 14.5. The molecule has 0 unspecified atom stereocenters. The summed E-state index contributed by atoms with van der Waals surface area (Å²) in [6.07, 6.45) is 5.35. The lowest BCUT2D eigenvalue weighted by atomic mass is 10.3. The van der Waals surface area contributed by atoms with Crippen LogP contribution in [0.1, 0.15) is 36.1 Å². The molecule has 26 heavy (non-hydrogen) atoms. The van der Waals surface area contributed by atoms with Crippen molar-refractivity contribution < 1.29 is 13.6 Å². The highest BCUT2D eigenvalue weighted by Crippen LogP contribution is 2.22. The standard InChI is InChI=1S/C18H16F2N4OS/c1-5-6-23-16-13(20)8-12(19)9-15(16)26-18(23)21-17(25)14-7-11(4)24(22-14)10(2)3/h1,7-10H,6H2,2-4H3. The molecule has 3 rings (SSSR count). The lowest BCUT2D eigenvalue weighted by Gasteiger charge is -2.06. The smallest absolute Gasteiger partial charge is 0.300 e. The van der Waals surface area contributed by atoms with E-state index in [1.165, 1.54) is 10.6 Å². The minimum atomic E-state index is -0.750. The SMILES string of the molecule is C#CCn1c(=NC(=O)c2cc(C)n(C(C)C)n2)sc2cc(F)cc(F)c21. The highest BCUT2D eigenvalue weighted by atomic mass is 32.1. The van der Waals surface area contributed by atoms with Crippen LogP contribution in [0.15, 0.2) is 23.2 Å². The van der Waals surface area contributed by atoms with Crippen LogP contribution in [0.5, 0.6) is 0 Å². The first kappa shape index (κ1) is 18.0. The van der Waals surface area contributed by atoms with E-state index >= 15 is 0 Å². The molecule has 0 saturated carbocycles. The number of carbonyl (C=O) groups is 1. The van der Waals surface area contributed by atoms with Gasteiger partial charge in [0.25, 0.3) is 5.91 Å². The lowest BCUT2D eigenvalue weighted by Crippen LogP contribution is -2.17. The van der Waals surface area contributed by atoms with E-state index in [0.29, 0.717) is 4.70 Å². The third kappa shape index (κ3) is 3.18. The van der Waals surface area contributed by atoms with Crippen LogP contribution in [-0.2, 0) is 6.54 Å². The number of amides is 1. The van der Waals surface area contributed by atoms with E-state index in [-0.39, 0.29) is 28.6 Å². The fourth-order valence-electron chi connectivity index (χ4n) is 2.71.